The largest absolute Gasteiger partial charge is 0.382 e. The Morgan fingerprint density at radius 1 is 0.950 bits per heavy atom. The molecule has 3 rings (SSSR count). The van der Waals surface area contributed by atoms with Crippen molar-refractivity contribution in [2.75, 3.05) is 5.73 Å². The zero-order chi connectivity index (χ0) is 13.9. The summed E-state index contributed by atoms with van der Waals surface area (Å²) in [5.41, 5.74) is 8.39. The number of hydrogen-bond donors (Lipinski definition) is 1. The number of benzene rings is 1. The van der Waals surface area contributed by atoms with E-state index in [1.807, 2.05) is 12.1 Å². The van der Waals surface area contributed by atoms with E-state index >= 15 is 0 Å². The lowest BCUT2D eigenvalue weighted by atomic mass is 10.1. The van der Waals surface area contributed by atoms with E-state index in [9.17, 15) is 4.39 Å². The summed E-state index contributed by atoms with van der Waals surface area (Å²) in [5.74, 6) is -0.0329. The maximum absolute atomic E-state index is 13.4. The van der Waals surface area contributed by atoms with Crippen molar-refractivity contribution in [1.29, 1.82) is 0 Å². The lowest BCUT2D eigenvalue weighted by Crippen LogP contribution is -1.98. The maximum atomic E-state index is 13.4. The molecule has 98 valence electrons. The van der Waals surface area contributed by atoms with Crippen LogP contribution in [0.25, 0.3) is 22.5 Å². The van der Waals surface area contributed by atoms with Gasteiger partial charge >= 0.3 is 0 Å². The number of nitrogens with zero attached hydrogens (tertiary/aromatic N) is 3. The van der Waals surface area contributed by atoms with E-state index in [1.54, 1.807) is 24.5 Å². The first-order chi connectivity index (χ1) is 9.74. The van der Waals surface area contributed by atoms with Crippen LogP contribution in [0, 0.1) is 5.82 Å². The highest BCUT2D eigenvalue weighted by Crippen LogP contribution is 2.29. The van der Waals surface area contributed by atoms with Gasteiger partial charge in [0, 0.05) is 23.5 Å². The number of nitrogens with two attached hydrogens (primary N) is 1. The number of rotatable bonds is 2. The standard InChI is InChI=1S/C15H11FN4/c16-12-3-1-2-11(8-12)15-14(19-9-13(17)20-15)10-4-6-18-7-5-10/h1-9H,(H2,17,20). The summed E-state index contributed by atoms with van der Waals surface area (Å²) in [6.45, 7) is 0. The summed E-state index contributed by atoms with van der Waals surface area (Å²) < 4.78 is 13.4. The average Bonchev–Trinajstić information content (AvgIpc) is 2.48. The molecule has 3 aromatic rings. The van der Waals surface area contributed by atoms with Gasteiger partial charge in [0.25, 0.3) is 0 Å². The van der Waals surface area contributed by atoms with Crippen LogP contribution >= 0.6 is 0 Å². The minimum absolute atomic E-state index is 0.294. The zero-order valence-corrected chi connectivity index (χ0v) is 10.5. The molecule has 5 heteroatoms. The minimum Gasteiger partial charge on any atom is -0.382 e. The molecular formula is C15H11FN4. The minimum atomic E-state index is -0.326. The van der Waals surface area contributed by atoms with Crippen LogP contribution in [0.5, 0.6) is 0 Å². The van der Waals surface area contributed by atoms with Crippen molar-refractivity contribution in [3.8, 4) is 22.5 Å². The third-order valence-corrected chi connectivity index (χ3v) is 2.84. The SMILES string of the molecule is Nc1cnc(-c2ccncc2)c(-c2cccc(F)c2)n1. The van der Waals surface area contributed by atoms with E-state index in [0.717, 1.165) is 5.56 Å². The number of nitrogen functional groups attached to an aromatic ring is 1. The second kappa shape index (κ2) is 5.05. The van der Waals surface area contributed by atoms with Gasteiger partial charge in [-0.25, -0.2) is 9.37 Å². The van der Waals surface area contributed by atoms with Crippen LogP contribution in [0.4, 0.5) is 10.2 Å². The molecule has 2 heterocycles. The first kappa shape index (κ1) is 12.2. The van der Waals surface area contributed by atoms with Gasteiger partial charge in [0.2, 0.25) is 0 Å². The highest BCUT2D eigenvalue weighted by molar-refractivity contribution is 5.78. The fraction of sp³-hybridized carbons (Fsp3) is 0. The Hall–Kier alpha value is -2.82. The van der Waals surface area contributed by atoms with Crippen LogP contribution in [-0.2, 0) is 0 Å². The molecule has 1 aromatic carbocycles. The Labute approximate surface area is 115 Å². The lowest BCUT2D eigenvalue weighted by Gasteiger charge is -2.09. The van der Waals surface area contributed by atoms with Gasteiger partial charge in [-0.05, 0) is 24.3 Å². The Bertz CT molecular complexity index is 744. The van der Waals surface area contributed by atoms with Crippen molar-refractivity contribution < 1.29 is 4.39 Å². The molecule has 0 saturated carbocycles. The highest BCUT2D eigenvalue weighted by atomic mass is 19.1. The first-order valence-corrected chi connectivity index (χ1v) is 6.03. The summed E-state index contributed by atoms with van der Waals surface area (Å²) in [6, 6.07) is 9.85. The molecule has 0 saturated heterocycles. The predicted molar refractivity (Wildman–Crippen MR) is 75.1 cm³/mol. The molecule has 0 unspecified atom stereocenters. The Morgan fingerprint density at radius 3 is 2.50 bits per heavy atom. The predicted octanol–water partition coefficient (Wildman–Crippen LogP) is 2.93. The van der Waals surface area contributed by atoms with Gasteiger partial charge in [0.15, 0.2) is 0 Å². The zero-order valence-electron chi connectivity index (χ0n) is 10.5. The molecule has 0 radical (unpaired) electrons. The van der Waals surface area contributed by atoms with E-state index in [0.29, 0.717) is 22.8 Å². The molecule has 0 bridgehead atoms. The van der Waals surface area contributed by atoms with Crippen LogP contribution in [-0.4, -0.2) is 15.0 Å². The fourth-order valence-electron chi connectivity index (χ4n) is 1.96. The molecule has 2 N–H and O–H groups in total. The summed E-state index contributed by atoms with van der Waals surface area (Å²) in [4.78, 5) is 12.6. The maximum Gasteiger partial charge on any atom is 0.142 e. The second-order valence-electron chi connectivity index (χ2n) is 4.24. The van der Waals surface area contributed by atoms with E-state index in [-0.39, 0.29) is 5.82 Å². The van der Waals surface area contributed by atoms with Crippen LogP contribution in [0.1, 0.15) is 0 Å². The van der Waals surface area contributed by atoms with Crippen LogP contribution in [0.3, 0.4) is 0 Å². The van der Waals surface area contributed by atoms with Crippen molar-refractivity contribution in [2.45, 2.75) is 0 Å². The third-order valence-electron chi connectivity index (χ3n) is 2.84. The number of halogens is 1. The second-order valence-corrected chi connectivity index (χ2v) is 4.24. The molecule has 0 aliphatic heterocycles. The molecule has 4 nitrogen and oxygen atoms in total. The van der Waals surface area contributed by atoms with Crippen LogP contribution < -0.4 is 5.73 Å². The Balaban J connectivity index is 2.22. The number of aromatic nitrogens is 3. The number of pyridine rings is 1. The quantitative estimate of drug-likeness (QED) is 0.774. The molecule has 2 aromatic heterocycles. The summed E-state index contributed by atoms with van der Waals surface area (Å²) in [7, 11) is 0. The molecule has 0 aliphatic rings. The van der Waals surface area contributed by atoms with Crippen molar-refractivity contribution in [2.24, 2.45) is 0 Å². The Kier molecular flexibility index (Phi) is 3.09. The molecule has 0 aliphatic carbocycles. The summed E-state index contributed by atoms with van der Waals surface area (Å²) in [5, 5.41) is 0. The van der Waals surface area contributed by atoms with E-state index in [4.69, 9.17) is 5.73 Å². The van der Waals surface area contributed by atoms with Crippen molar-refractivity contribution in [3.05, 3.63) is 60.8 Å². The van der Waals surface area contributed by atoms with Gasteiger partial charge in [-0.3, -0.25) is 9.97 Å². The van der Waals surface area contributed by atoms with Gasteiger partial charge in [-0.15, -0.1) is 0 Å². The molecule has 0 amide bonds. The van der Waals surface area contributed by atoms with E-state index in [1.165, 1.54) is 18.3 Å². The van der Waals surface area contributed by atoms with Crippen LogP contribution in [0.15, 0.2) is 55.0 Å². The highest BCUT2D eigenvalue weighted by Gasteiger charge is 2.11. The van der Waals surface area contributed by atoms with Crippen molar-refractivity contribution in [1.82, 2.24) is 15.0 Å². The average molecular weight is 266 g/mol. The lowest BCUT2D eigenvalue weighted by molar-refractivity contribution is 0.628. The van der Waals surface area contributed by atoms with Crippen molar-refractivity contribution in [3.63, 3.8) is 0 Å². The first-order valence-electron chi connectivity index (χ1n) is 6.03. The topological polar surface area (TPSA) is 64.7 Å². The smallest absolute Gasteiger partial charge is 0.142 e. The number of hydrogen-bond acceptors (Lipinski definition) is 4. The van der Waals surface area contributed by atoms with Gasteiger partial charge in [-0.2, -0.15) is 0 Å². The van der Waals surface area contributed by atoms with Gasteiger partial charge in [-0.1, -0.05) is 12.1 Å². The van der Waals surface area contributed by atoms with Gasteiger partial charge < -0.3 is 5.73 Å². The molecule has 0 atom stereocenters. The number of anilines is 1. The van der Waals surface area contributed by atoms with Gasteiger partial charge in [0.05, 0.1) is 17.6 Å². The van der Waals surface area contributed by atoms with Gasteiger partial charge in [0.1, 0.15) is 11.6 Å². The molecule has 0 fully saturated rings. The third kappa shape index (κ3) is 2.33. The van der Waals surface area contributed by atoms with E-state index in [2.05, 4.69) is 15.0 Å². The summed E-state index contributed by atoms with van der Waals surface area (Å²) in [6.07, 6.45) is 4.82. The Morgan fingerprint density at radius 2 is 1.75 bits per heavy atom. The van der Waals surface area contributed by atoms with Crippen LogP contribution in [0.2, 0.25) is 0 Å². The summed E-state index contributed by atoms with van der Waals surface area (Å²) >= 11 is 0. The van der Waals surface area contributed by atoms with E-state index < -0.39 is 0 Å². The normalized spacial score (nSPS) is 10.4. The molecule has 20 heavy (non-hydrogen) atoms. The van der Waals surface area contributed by atoms with Crippen molar-refractivity contribution >= 4 is 5.82 Å². The molecular weight excluding hydrogens is 255 g/mol. The molecule has 0 spiro atoms. The monoisotopic (exact) mass is 266 g/mol. The fourth-order valence-corrected chi connectivity index (χ4v) is 1.96.